The average molecular weight is 412 g/mol. The minimum absolute atomic E-state index is 0.0290. The van der Waals surface area contributed by atoms with Crippen LogP contribution in [0.2, 0.25) is 0 Å². The molecule has 160 valence electrons. The van der Waals surface area contributed by atoms with Crippen LogP contribution in [0.25, 0.3) is 0 Å². The van der Waals surface area contributed by atoms with Gasteiger partial charge in [-0.25, -0.2) is 0 Å². The van der Waals surface area contributed by atoms with Crippen molar-refractivity contribution in [3.63, 3.8) is 0 Å². The maximum Gasteiger partial charge on any atom is 0.259 e. The lowest BCUT2D eigenvalue weighted by Crippen LogP contribution is -2.37. The monoisotopic (exact) mass is 411 g/mol. The van der Waals surface area contributed by atoms with Gasteiger partial charge in [-0.3, -0.25) is 14.4 Å². The molecule has 2 saturated carbocycles. The van der Waals surface area contributed by atoms with Crippen LogP contribution in [0.15, 0.2) is 40.0 Å². The van der Waals surface area contributed by atoms with Crippen molar-refractivity contribution in [3.05, 3.63) is 57.9 Å². The SMILES string of the molecule is CN(Cc1ccco1)C(=O)c1cn(C2CC2)cc(C(=O)NCC2CCCCC2)c1=O. The maximum absolute atomic E-state index is 13.1. The lowest BCUT2D eigenvalue weighted by molar-refractivity contribution is 0.0773. The van der Waals surface area contributed by atoms with E-state index in [0.29, 0.717) is 18.2 Å². The van der Waals surface area contributed by atoms with E-state index in [1.54, 1.807) is 37.8 Å². The molecule has 0 saturated heterocycles. The highest BCUT2D eigenvalue weighted by Crippen LogP contribution is 2.34. The zero-order chi connectivity index (χ0) is 21.1. The van der Waals surface area contributed by atoms with E-state index in [0.717, 1.165) is 25.7 Å². The van der Waals surface area contributed by atoms with Gasteiger partial charge in [0.2, 0.25) is 5.43 Å². The molecule has 2 fully saturated rings. The third-order valence-electron chi connectivity index (χ3n) is 6.08. The van der Waals surface area contributed by atoms with Crippen LogP contribution < -0.4 is 10.7 Å². The van der Waals surface area contributed by atoms with Crippen LogP contribution in [0.1, 0.15) is 77.5 Å². The first-order valence-corrected chi connectivity index (χ1v) is 10.8. The highest BCUT2D eigenvalue weighted by molar-refractivity contribution is 5.99. The molecule has 0 unspecified atom stereocenters. The summed E-state index contributed by atoms with van der Waals surface area (Å²) in [6.45, 7) is 0.838. The van der Waals surface area contributed by atoms with Crippen LogP contribution in [0, 0.1) is 5.92 Å². The van der Waals surface area contributed by atoms with E-state index in [-0.39, 0.29) is 29.6 Å². The number of aromatic nitrogens is 1. The van der Waals surface area contributed by atoms with Crippen LogP contribution >= 0.6 is 0 Å². The van der Waals surface area contributed by atoms with Crippen molar-refractivity contribution in [2.75, 3.05) is 13.6 Å². The first-order valence-electron chi connectivity index (χ1n) is 10.8. The molecular weight excluding hydrogens is 382 g/mol. The van der Waals surface area contributed by atoms with Crippen LogP contribution in [0.4, 0.5) is 0 Å². The molecule has 0 radical (unpaired) electrons. The number of hydrogen-bond acceptors (Lipinski definition) is 4. The molecule has 2 heterocycles. The van der Waals surface area contributed by atoms with Crippen molar-refractivity contribution in [2.24, 2.45) is 5.92 Å². The van der Waals surface area contributed by atoms with Gasteiger partial charge in [0.1, 0.15) is 16.9 Å². The van der Waals surface area contributed by atoms with Crippen LogP contribution in [-0.2, 0) is 6.54 Å². The number of nitrogens with zero attached hydrogens (tertiary/aromatic N) is 2. The summed E-state index contributed by atoms with van der Waals surface area (Å²) in [5, 5.41) is 2.94. The van der Waals surface area contributed by atoms with Gasteiger partial charge in [-0.2, -0.15) is 0 Å². The van der Waals surface area contributed by atoms with Crippen LogP contribution in [0.3, 0.4) is 0 Å². The first-order chi connectivity index (χ1) is 14.5. The summed E-state index contributed by atoms with van der Waals surface area (Å²) in [6.07, 6.45) is 12.6. The molecule has 2 aromatic heterocycles. The Bertz CT molecular complexity index is 953. The van der Waals surface area contributed by atoms with Crippen molar-refractivity contribution in [3.8, 4) is 0 Å². The van der Waals surface area contributed by atoms with Crippen molar-refractivity contribution < 1.29 is 14.0 Å². The van der Waals surface area contributed by atoms with Gasteiger partial charge >= 0.3 is 0 Å². The van der Waals surface area contributed by atoms with Crippen molar-refractivity contribution in [1.82, 2.24) is 14.8 Å². The van der Waals surface area contributed by atoms with Gasteiger partial charge in [-0.15, -0.1) is 0 Å². The highest BCUT2D eigenvalue weighted by Gasteiger charge is 2.28. The fourth-order valence-electron chi connectivity index (χ4n) is 4.13. The molecule has 0 bridgehead atoms. The number of furan rings is 1. The third kappa shape index (κ3) is 4.66. The molecule has 4 rings (SSSR count). The largest absolute Gasteiger partial charge is 0.467 e. The number of hydrogen-bond donors (Lipinski definition) is 1. The predicted octanol–water partition coefficient (Wildman–Crippen LogP) is 3.36. The third-order valence-corrected chi connectivity index (χ3v) is 6.08. The Balaban J connectivity index is 1.54. The fourth-order valence-corrected chi connectivity index (χ4v) is 4.13. The molecule has 2 amide bonds. The Kier molecular flexibility index (Phi) is 6.06. The lowest BCUT2D eigenvalue weighted by atomic mass is 9.89. The normalized spacial score (nSPS) is 17.0. The van der Waals surface area contributed by atoms with E-state index in [1.165, 1.54) is 24.2 Å². The number of amides is 2. The number of nitrogens with one attached hydrogen (secondary N) is 1. The van der Waals surface area contributed by atoms with Gasteiger partial charge in [-0.1, -0.05) is 19.3 Å². The maximum atomic E-state index is 13.1. The average Bonchev–Trinajstić information content (AvgIpc) is 3.49. The fraction of sp³-hybridized carbons (Fsp3) is 0.522. The number of carbonyl (C=O) groups excluding carboxylic acids is 2. The number of rotatable bonds is 7. The van der Waals surface area contributed by atoms with Gasteiger partial charge in [-0.05, 0) is 43.7 Å². The molecule has 2 aliphatic carbocycles. The lowest BCUT2D eigenvalue weighted by Gasteiger charge is -2.22. The van der Waals surface area contributed by atoms with E-state index in [1.807, 2.05) is 4.57 Å². The molecule has 2 aromatic rings. The van der Waals surface area contributed by atoms with Gasteiger partial charge in [0, 0.05) is 32.0 Å². The Morgan fingerprint density at radius 2 is 1.87 bits per heavy atom. The van der Waals surface area contributed by atoms with E-state index in [9.17, 15) is 14.4 Å². The van der Waals surface area contributed by atoms with Crippen molar-refractivity contribution in [2.45, 2.75) is 57.5 Å². The molecule has 1 N–H and O–H groups in total. The zero-order valence-corrected chi connectivity index (χ0v) is 17.4. The Labute approximate surface area is 176 Å². The second-order valence-corrected chi connectivity index (χ2v) is 8.55. The molecule has 2 aliphatic rings. The van der Waals surface area contributed by atoms with E-state index >= 15 is 0 Å². The number of carbonyl (C=O) groups is 2. The summed E-state index contributed by atoms with van der Waals surface area (Å²) in [4.78, 5) is 40.3. The zero-order valence-electron chi connectivity index (χ0n) is 17.4. The molecule has 0 aromatic carbocycles. The molecule has 7 nitrogen and oxygen atoms in total. The predicted molar refractivity (Wildman–Crippen MR) is 112 cm³/mol. The summed E-state index contributed by atoms with van der Waals surface area (Å²) in [5.74, 6) is 0.309. The minimum atomic E-state index is -0.510. The van der Waals surface area contributed by atoms with Gasteiger partial charge in [0.05, 0.1) is 12.8 Å². The van der Waals surface area contributed by atoms with Crippen LogP contribution in [-0.4, -0.2) is 34.9 Å². The topological polar surface area (TPSA) is 84.6 Å². The van der Waals surface area contributed by atoms with E-state index in [4.69, 9.17) is 4.42 Å². The molecule has 30 heavy (non-hydrogen) atoms. The number of pyridine rings is 1. The molecule has 7 heteroatoms. The van der Waals surface area contributed by atoms with Gasteiger partial charge < -0.3 is 19.2 Å². The van der Waals surface area contributed by atoms with Gasteiger partial charge in [0.15, 0.2) is 0 Å². The summed E-state index contributed by atoms with van der Waals surface area (Å²) in [5.41, 5.74) is -0.430. The quantitative estimate of drug-likeness (QED) is 0.757. The smallest absolute Gasteiger partial charge is 0.259 e. The summed E-state index contributed by atoms with van der Waals surface area (Å²) in [7, 11) is 1.63. The second kappa shape index (κ2) is 8.90. The summed E-state index contributed by atoms with van der Waals surface area (Å²) >= 11 is 0. The molecule has 0 aliphatic heterocycles. The summed E-state index contributed by atoms with van der Waals surface area (Å²) < 4.78 is 7.15. The van der Waals surface area contributed by atoms with Crippen LogP contribution in [0.5, 0.6) is 0 Å². The van der Waals surface area contributed by atoms with E-state index < -0.39 is 11.3 Å². The van der Waals surface area contributed by atoms with Crippen molar-refractivity contribution in [1.29, 1.82) is 0 Å². The Morgan fingerprint density at radius 1 is 1.13 bits per heavy atom. The molecule has 0 atom stereocenters. The second-order valence-electron chi connectivity index (χ2n) is 8.55. The van der Waals surface area contributed by atoms with E-state index in [2.05, 4.69) is 5.32 Å². The Hall–Kier alpha value is -2.83. The summed E-state index contributed by atoms with van der Waals surface area (Å²) in [6, 6.07) is 3.78. The van der Waals surface area contributed by atoms with Gasteiger partial charge in [0.25, 0.3) is 11.8 Å². The Morgan fingerprint density at radius 3 is 2.53 bits per heavy atom. The van der Waals surface area contributed by atoms with Crippen molar-refractivity contribution >= 4 is 11.8 Å². The minimum Gasteiger partial charge on any atom is -0.467 e. The standard InChI is InChI=1S/C23H29N3O4/c1-25(13-18-8-5-11-30-18)23(29)20-15-26(17-9-10-17)14-19(21(20)27)22(28)24-12-16-6-3-2-4-7-16/h5,8,11,14-17H,2-4,6-7,9-10,12-13H2,1H3,(H,24,28). The molecule has 0 spiro atoms. The molecular formula is C23H29N3O4. The highest BCUT2D eigenvalue weighted by atomic mass is 16.3. The first kappa shape index (κ1) is 20.4.